The zero-order chi connectivity index (χ0) is 12.9. The fourth-order valence-corrected chi connectivity index (χ4v) is 1.00. The number of hydrogen-bond donors (Lipinski definition) is 2. The van der Waals surface area contributed by atoms with Gasteiger partial charge in [-0.2, -0.15) is 0 Å². The molecule has 0 saturated heterocycles. The zero-order valence-electron chi connectivity index (χ0n) is 8.23. The van der Waals surface area contributed by atoms with Crippen molar-refractivity contribution in [1.29, 1.82) is 0 Å². The Bertz CT molecular complexity index is 432. The minimum Gasteiger partial charge on any atom is -0.411 e. The predicted molar refractivity (Wildman–Crippen MR) is 52.0 cm³/mol. The number of rotatable bonds is 3. The topological polar surface area (TPSA) is 70.9 Å². The molecule has 8 heteroatoms. The van der Waals surface area contributed by atoms with E-state index in [1.165, 1.54) is 18.2 Å². The van der Waals surface area contributed by atoms with Gasteiger partial charge >= 0.3 is 6.36 Å². The quantitative estimate of drug-likeness (QED) is 0.488. The number of nitrogens with one attached hydrogen (secondary N) is 1. The summed E-state index contributed by atoms with van der Waals surface area (Å²) in [5, 5.41) is 12.6. The average molecular weight is 248 g/mol. The molecule has 0 spiro atoms. The molecule has 0 saturated carbocycles. The highest BCUT2D eigenvalue weighted by atomic mass is 19.4. The van der Waals surface area contributed by atoms with Crippen molar-refractivity contribution in [1.82, 2.24) is 0 Å². The lowest BCUT2D eigenvalue weighted by molar-refractivity contribution is -0.274. The molecule has 1 amide bonds. The second-order valence-electron chi connectivity index (χ2n) is 2.78. The number of nitrogens with zero attached hydrogens (tertiary/aromatic N) is 1. The van der Waals surface area contributed by atoms with Gasteiger partial charge in [0.15, 0.2) is 5.75 Å². The first-order valence-electron chi connectivity index (χ1n) is 4.25. The molecule has 5 nitrogen and oxygen atoms in total. The number of carbonyl (C=O) groups is 1. The number of para-hydroxylation sites is 2. The van der Waals surface area contributed by atoms with Crippen LogP contribution in [0.1, 0.15) is 0 Å². The molecule has 17 heavy (non-hydrogen) atoms. The van der Waals surface area contributed by atoms with Crippen LogP contribution in [0, 0.1) is 0 Å². The van der Waals surface area contributed by atoms with Crippen LogP contribution in [0.2, 0.25) is 0 Å². The Labute approximate surface area is 93.5 Å². The minimum absolute atomic E-state index is 0.185. The molecule has 0 fully saturated rings. The van der Waals surface area contributed by atoms with E-state index in [1.807, 2.05) is 0 Å². The maximum absolute atomic E-state index is 12.0. The molecule has 1 aromatic carbocycles. The van der Waals surface area contributed by atoms with E-state index in [9.17, 15) is 18.0 Å². The van der Waals surface area contributed by atoms with Gasteiger partial charge in [0.05, 0.1) is 5.69 Å². The maximum atomic E-state index is 12.0. The molecule has 1 aromatic rings. The monoisotopic (exact) mass is 248 g/mol. The predicted octanol–water partition coefficient (Wildman–Crippen LogP) is 1.98. The molecule has 2 N–H and O–H groups in total. The summed E-state index contributed by atoms with van der Waals surface area (Å²) in [7, 11) is 0. The fourth-order valence-electron chi connectivity index (χ4n) is 1.00. The number of anilines is 1. The largest absolute Gasteiger partial charge is 0.573 e. The van der Waals surface area contributed by atoms with E-state index >= 15 is 0 Å². The van der Waals surface area contributed by atoms with Gasteiger partial charge in [-0.1, -0.05) is 17.3 Å². The number of oxime groups is 1. The molecule has 1 rings (SSSR count). The molecule has 0 unspecified atom stereocenters. The van der Waals surface area contributed by atoms with E-state index in [0.717, 1.165) is 6.07 Å². The third-order valence-electron chi connectivity index (χ3n) is 1.55. The van der Waals surface area contributed by atoms with Crippen LogP contribution < -0.4 is 10.1 Å². The van der Waals surface area contributed by atoms with Gasteiger partial charge in [-0.05, 0) is 12.1 Å². The lowest BCUT2D eigenvalue weighted by Crippen LogP contribution is -2.19. The summed E-state index contributed by atoms with van der Waals surface area (Å²) in [6.07, 6.45) is -4.35. The van der Waals surface area contributed by atoms with Gasteiger partial charge in [0.25, 0.3) is 5.91 Å². The number of ether oxygens (including phenoxy) is 1. The summed E-state index contributed by atoms with van der Waals surface area (Å²) >= 11 is 0. The molecule has 0 radical (unpaired) electrons. The van der Waals surface area contributed by atoms with Crippen molar-refractivity contribution in [3.05, 3.63) is 24.3 Å². The normalized spacial score (nSPS) is 11.5. The lowest BCUT2D eigenvalue weighted by Gasteiger charge is -2.12. The lowest BCUT2D eigenvalue weighted by atomic mass is 10.3. The van der Waals surface area contributed by atoms with Crippen LogP contribution in [0.15, 0.2) is 29.4 Å². The molecule has 0 aliphatic rings. The second-order valence-corrected chi connectivity index (χ2v) is 2.78. The Balaban J connectivity index is 2.88. The van der Waals surface area contributed by atoms with Crippen LogP contribution in [-0.4, -0.2) is 23.7 Å². The number of carbonyl (C=O) groups excluding carboxylic acids is 1. The Morgan fingerprint density at radius 3 is 2.65 bits per heavy atom. The van der Waals surface area contributed by atoms with E-state index in [-0.39, 0.29) is 5.69 Å². The SMILES string of the molecule is O=C(/C=N\O)Nc1ccccc1OC(F)(F)F. The summed E-state index contributed by atoms with van der Waals surface area (Å²) in [5.41, 5.74) is -0.185. The van der Waals surface area contributed by atoms with Crippen LogP contribution in [0.4, 0.5) is 18.9 Å². The van der Waals surface area contributed by atoms with E-state index in [4.69, 9.17) is 5.21 Å². The van der Waals surface area contributed by atoms with Crippen molar-refractivity contribution < 1.29 is 27.9 Å². The van der Waals surface area contributed by atoms with Crippen molar-refractivity contribution >= 4 is 17.8 Å². The fraction of sp³-hybridized carbons (Fsp3) is 0.111. The number of hydrogen-bond acceptors (Lipinski definition) is 4. The number of halogens is 3. The molecule has 92 valence electrons. The van der Waals surface area contributed by atoms with Crippen LogP contribution in [-0.2, 0) is 4.79 Å². The van der Waals surface area contributed by atoms with E-state index in [1.54, 1.807) is 0 Å². The highest BCUT2D eigenvalue weighted by Gasteiger charge is 2.32. The van der Waals surface area contributed by atoms with Crippen molar-refractivity contribution in [3.63, 3.8) is 0 Å². The Kier molecular flexibility index (Phi) is 3.91. The van der Waals surface area contributed by atoms with Crippen LogP contribution in [0.5, 0.6) is 5.75 Å². The van der Waals surface area contributed by atoms with Gasteiger partial charge in [0, 0.05) is 0 Å². The van der Waals surface area contributed by atoms with Crippen molar-refractivity contribution in [2.45, 2.75) is 6.36 Å². The number of amides is 1. The summed E-state index contributed by atoms with van der Waals surface area (Å²) in [5.74, 6) is -1.44. The van der Waals surface area contributed by atoms with Crippen LogP contribution in [0.25, 0.3) is 0 Å². The van der Waals surface area contributed by atoms with Crippen LogP contribution >= 0.6 is 0 Å². The minimum atomic E-state index is -4.86. The standard InChI is InChI=1S/C9H7F3N2O3/c10-9(11,12)17-7-4-2-1-3-6(7)14-8(15)5-13-16/h1-5,16H,(H,14,15)/b13-5-. The maximum Gasteiger partial charge on any atom is 0.573 e. The molecule has 0 aromatic heterocycles. The molecule has 0 bridgehead atoms. The van der Waals surface area contributed by atoms with E-state index in [0.29, 0.717) is 6.21 Å². The Morgan fingerprint density at radius 1 is 1.41 bits per heavy atom. The summed E-state index contributed by atoms with van der Waals surface area (Å²) < 4.78 is 39.7. The summed E-state index contributed by atoms with van der Waals surface area (Å²) in [6.45, 7) is 0. The van der Waals surface area contributed by atoms with Gasteiger partial charge in [-0.3, -0.25) is 4.79 Å². The van der Waals surface area contributed by atoms with Crippen molar-refractivity contribution in [2.75, 3.05) is 5.32 Å². The van der Waals surface area contributed by atoms with E-state index in [2.05, 4.69) is 15.2 Å². The van der Waals surface area contributed by atoms with Crippen molar-refractivity contribution in [2.24, 2.45) is 5.16 Å². The molecule has 0 heterocycles. The smallest absolute Gasteiger partial charge is 0.411 e. The first-order chi connectivity index (χ1) is 7.92. The average Bonchev–Trinajstić information content (AvgIpc) is 2.19. The summed E-state index contributed by atoms with van der Waals surface area (Å²) in [6, 6.07) is 4.98. The third-order valence-corrected chi connectivity index (χ3v) is 1.55. The first-order valence-corrected chi connectivity index (χ1v) is 4.25. The van der Waals surface area contributed by atoms with E-state index < -0.39 is 18.0 Å². The van der Waals surface area contributed by atoms with Gasteiger partial charge in [0.2, 0.25) is 0 Å². The number of benzene rings is 1. The second kappa shape index (κ2) is 5.19. The Morgan fingerprint density at radius 2 is 2.06 bits per heavy atom. The highest BCUT2D eigenvalue weighted by Crippen LogP contribution is 2.29. The molecular weight excluding hydrogens is 241 g/mol. The van der Waals surface area contributed by atoms with Crippen molar-refractivity contribution in [3.8, 4) is 5.75 Å². The summed E-state index contributed by atoms with van der Waals surface area (Å²) in [4.78, 5) is 11.0. The van der Waals surface area contributed by atoms with Gasteiger partial charge in [-0.25, -0.2) is 0 Å². The number of alkyl halides is 3. The first kappa shape index (κ1) is 12.8. The van der Waals surface area contributed by atoms with Gasteiger partial charge < -0.3 is 15.3 Å². The van der Waals surface area contributed by atoms with Gasteiger partial charge in [-0.15, -0.1) is 13.2 Å². The third kappa shape index (κ3) is 4.41. The Hall–Kier alpha value is -2.25. The molecule has 0 aliphatic carbocycles. The molecule has 0 atom stereocenters. The highest BCUT2D eigenvalue weighted by molar-refractivity contribution is 6.31. The van der Waals surface area contributed by atoms with Gasteiger partial charge in [0.1, 0.15) is 6.21 Å². The molecular formula is C9H7F3N2O3. The van der Waals surface area contributed by atoms with Crippen LogP contribution in [0.3, 0.4) is 0 Å². The molecule has 0 aliphatic heterocycles. The zero-order valence-corrected chi connectivity index (χ0v) is 8.23.